The molecule has 0 fully saturated rings. The van der Waals surface area contributed by atoms with Gasteiger partial charge in [0.25, 0.3) is 10.0 Å². The monoisotopic (exact) mass is 451 g/mol. The third-order valence-corrected chi connectivity index (χ3v) is 5.79. The smallest absolute Gasteiger partial charge is 0.262 e. The van der Waals surface area contributed by atoms with Crippen molar-refractivity contribution < 1.29 is 22.7 Å². The van der Waals surface area contributed by atoms with Crippen LogP contribution in [0.15, 0.2) is 83.8 Å². The quantitative estimate of drug-likeness (QED) is 0.453. The molecule has 3 rings (SSSR count). The predicted molar refractivity (Wildman–Crippen MR) is 123 cm³/mol. The number of benzene rings is 3. The summed E-state index contributed by atoms with van der Waals surface area (Å²) < 4.78 is 32.9. The highest BCUT2D eigenvalue weighted by Crippen LogP contribution is 2.26. The van der Waals surface area contributed by atoms with Crippen LogP contribution in [0.5, 0.6) is 5.75 Å². The van der Waals surface area contributed by atoms with Gasteiger partial charge in [-0.15, -0.1) is 0 Å². The van der Waals surface area contributed by atoms with Crippen molar-refractivity contribution in [2.45, 2.75) is 4.90 Å². The van der Waals surface area contributed by atoms with Gasteiger partial charge in [-0.3, -0.25) is 14.3 Å². The van der Waals surface area contributed by atoms with Gasteiger partial charge >= 0.3 is 0 Å². The van der Waals surface area contributed by atoms with Crippen LogP contribution in [0.2, 0.25) is 0 Å². The van der Waals surface area contributed by atoms with Gasteiger partial charge < -0.3 is 15.8 Å². The molecule has 0 aliphatic heterocycles. The summed E-state index contributed by atoms with van der Waals surface area (Å²) in [7, 11) is -2.35. The molecule has 0 radical (unpaired) electrons. The molecule has 0 saturated heterocycles. The van der Waals surface area contributed by atoms with Gasteiger partial charge in [-0.1, -0.05) is 24.3 Å². The van der Waals surface area contributed by atoms with Gasteiger partial charge in [0.15, 0.2) is 0 Å². The molecule has 32 heavy (non-hydrogen) atoms. The zero-order valence-electron chi connectivity index (χ0n) is 17.1. The number of nitrogens with two attached hydrogens (primary N) is 1. The number of nitrogens with one attached hydrogen (secondary N) is 2. The van der Waals surface area contributed by atoms with Gasteiger partial charge in [0, 0.05) is 17.3 Å². The minimum atomic E-state index is -3.81. The van der Waals surface area contributed by atoms with Crippen molar-refractivity contribution in [1.82, 2.24) is 0 Å². The highest BCUT2D eigenvalue weighted by molar-refractivity contribution is 7.92. The molecule has 2 amide bonds. The number of anilines is 2. The average molecular weight is 452 g/mol. The van der Waals surface area contributed by atoms with Crippen LogP contribution in [0.3, 0.4) is 0 Å². The molecule has 0 aromatic heterocycles. The summed E-state index contributed by atoms with van der Waals surface area (Å²) >= 11 is 0. The second-order valence-corrected chi connectivity index (χ2v) is 8.32. The van der Waals surface area contributed by atoms with Crippen LogP contribution in [0.4, 0.5) is 11.4 Å². The topological polar surface area (TPSA) is 128 Å². The number of rotatable bonds is 8. The second-order valence-electron chi connectivity index (χ2n) is 6.64. The molecule has 9 heteroatoms. The minimum absolute atomic E-state index is 0.0690. The highest BCUT2D eigenvalue weighted by atomic mass is 32.2. The zero-order chi connectivity index (χ0) is 23.1. The van der Waals surface area contributed by atoms with Gasteiger partial charge in [-0.25, -0.2) is 8.42 Å². The fourth-order valence-electron chi connectivity index (χ4n) is 2.76. The van der Waals surface area contributed by atoms with Crippen LogP contribution >= 0.6 is 0 Å². The minimum Gasteiger partial charge on any atom is -0.495 e. The molecule has 0 unspecified atom stereocenters. The van der Waals surface area contributed by atoms with Gasteiger partial charge in [0.2, 0.25) is 11.8 Å². The van der Waals surface area contributed by atoms with E-state index in [1.807, 2.05) is 0 Å². The number of ether oxygens (including phenoxy) is 1. The SMILES string of the molecule is COc1ccccc1NS(=O)(=O)c1ccc(/C=C/C(=O)Nc2ccc(C(N)=O)cc2)cc1. The zero-order valence-corrected chi connectivity index (χ0v) is 17.9. The summed E-state index contributed by atoms with van der Waals surface area (Å²) in [6, 6.07) is 18.9. The van der Waals surface area contributed by atoms with Crippen LogP contribution in [-0.2, 0) is 14.8 Å². The first-order chi connectivity index (χ1) is 15.3. The maximum absolute atomic E-state index is 12.6. The van der Waals surface area contributed by atoms with E-state index in [9.17, 15) is 18.0 Å². The second kappa shape index (κ2) is 9.80. The van der Waals surface area contributed by atoms with Crippen molar-refractivity contribution in [3.63, 3.8) is 0 Å². The van der Waals surface area contributed by atoms with E-state index in [1.54, 1.807) is 54.6 Å². The lowest BCUT2D eigenvalue weighted by molar-refractivity contribution is -0.111. The van der Waals surface area contributed by atoms with Gasteiger partial charge in [-0.05, 0) is 60.2 Å². The number of para-hydroxylation sites is 2. The molecule has 8 nitrogen and oxygen atoms in total. The van der Waals surface area contributed by atoms with Gasteiger partial charge in [0.1, 0.15) is 5.75 Å². The summed E-state index contributed by atoms with van der Waals surface area (Å²) in [5.41, 5.74) is 7.00. The normalized spacial score (nSPS) is 11.2. The largest absolute Gasteiger partial charge is 0.495 e. The Hall–Kier alpha value is -4.11. The van der Waals surface area contributed by atoms with E-state index in [4.69, 9.17) is 10.5 Å². The van der Waals surface area contributed by atoms with Crippen LogP contribution in [0.25, 0.3) is 6.08 Å². The number of primary amides is 1. The number of hydrogen-bond acceptors (Lipinski definition) is 5. The van der Waals surface area contributed by atoms with E-state index in [2.05, 4.69) is 10.0 Å². The maximum Gasteiger partial charge on any atom is 0.262 e. The number of carbonyl (C=O) groups is 2. The predicted octanol–water partition coefficient (Wildman–Crippen LogP) is 3.25. The van der Waals surface area contributed by atoms with Crippen LogP contribution in [-0.4, -0.2) is 27.3 Å². The average Bonchev–Trinajstić information content (AvgIpc) is 2.78. The van der Waals surface area contributed by atoms with Crippen molar-refractivity contribution in [3.05, 3.63) is 90.0 Å². The Morgan fingerprint density at radius 3 is 2.22 bits per heavy atom. The lowest BCUT2D eigenvalue weighted by atomic mass is 10.2. The Balaban J connectivity index is 1.65. The summed E-state index contributed by atoms with van der Waals surface area (Å²) in [5.74, 6) is -0.524. The van der Waals surface area contributed by atoms with E-state index in [1.165, 1.54) is 37.5 Å². The third-order valence-electron chi connectivity index (χ3n) is 4.41. The first-order valence-electron chi connectivity index (χ1n) is 9.43. The fourth-order valence-corrected chi connectivity index (χ4v) is 3.83. The Kier molecular flexibility index (Phi) is 6.91. The molecule has 3 aromatic rings. The molecular formula is C23H21N3O5S. The van der Waals surface area contributed by atoms with E-state index in [0.29, 0.717) is 28.3 Å². The first-order valence-corrected chi connectivity index (χ1v) is 10.9. The van der Waals surface area contributed by atoms with Crippen molar-refractivity contribution >= 4 is 39.3 Å². The molecule has 0 aliphatic carbocycles. The van der Waals surface area contributed by atoms with Gasteiger partial charge in [0.05, 0.1) is 17.7 Å². The Labute approximate surface area is 185 Å². The third kappa shape index (κ3) is 5.73. The van der Waals surface area contributed by atoms with E-state index >= 15 is 0 Å². The lowest BCUT2D eigenvalue weighted by Crippen LogP contribution is -2.13. The standard InChI is InChI=1S/C23H21N3O5S/c1-31-21-5-3-2-4-20(21)26-32(29,30)19-13-6-16(7-14-19)8-15-22(27)25-18-11-9-17(10-12-18)23(24)28/h2-15,26H,1H3,(H2,24,28)(H,25,27)/b15-8+. The Morgan fingerprint density at radius 2 is 1.59 bits per heavy atom. The van der Waals surface area contributed by atoms with Crippen molar-refractivity contribution in [2.24, 2.45) is 5.73 Å². The maximum atomic E-state index is 12.6. The van der Waals surface area contributed by atoms with Crippen molar-refractivity contribution in [2.75, 3.05) is 17.1 Å². The Bertz CT molecular complexity index is 1250. The molecule has 164 valence electrons. The summed E-state index contributed by atoms with van der Waals surface area (Å²) in [6.07, 6.45) is 2.87. The summed E-state index contributed by atoms with van der Waals surface area (Å²) in [4.78, 5) is 23.2. The first kappa shape index (κ1) is 22.6. The lowest BCUT2D eigenvalue weighted by Gasteiger charge is -2.11. The highest BCUT2D eigenvalue weighted by Gasteiger charge is 2.16. The van der Waals surface area contributed by atoms with Gasteiger partial charge in [-0.2, -0.15) is 0 Å². The van der Waals surface area contributed by atoms with E-state index < -0.39 is 15.9 Å². The van der Waals surface area contributed by atoms with E-state index in [0.717, 1.165) is 0 Å². The molecule has 3 aromatic carbocycles. The van der Waals surface area contributed by atoms with Crippen molar-refractivity contribution in [3.8, 4) is 5.75 Å². The fraction of sp³-hybridized carbons (Fsp3) is 0.0435. The number of sulfonamides is 1. The van der Waals surface area contributed by atoms with Crippen LogP contribution in [0.1, 0.15) is 15.9 Å². The number of hydrogen-bond donors (Lipinski definition) is 3. The molecule has 0 saturated carbocycles. The summed E-state index contributed by atoms with van der Waals surface area (Å²) in [5, 5.41) is 2.66. The van der Waals surface area contributed by atoms with Crippen LogP contribution < -0.4 is 20.5 Å². The molecule has 0 atom stereocenters. The summed E-state index contributed by atoms with van der Waals surface area (Å²) in [6.45, 7) is 0. The molecule has 0 bridgehead atoms. The molecule has 0 heterocycles. The Morgan fingerprint density at radius 1 is 0.938 bits per heavy atom. The van der Waals surface area contributed by atoms with Crippen LogP contribution in [0, 0.1) is 0 Å². The number of amides is 2. The molecule has 0 spiro atoms. The number of carbonyl (C=O) groups excluding carboxylic acids is 2. The van der Waals surface area contributed by atoms with E-state index in [-0.39, 0.29) is 10.8 Å². The van der Waals surface area contributed by atoms with Crippen molar-refractivity contribution in [1.29, 1.82) is 0 Å². The number of methoxy groups -OCH3 is 1. The molecular weight excluding hydrogens is 430 g/mol. The molecule has 4 N–H and O–H groups in total. The molecule has 0 aliphatic rings.